The van der Waals surface area contributed by atoms with E-state index < -0.39 is 0 Å². The summed E-state index contributed by atoms with van der Waals surface area (Å²) < 4.78 is 16.3. The Labute approximate surface area is 177 Å². The molecule has 2 aromatic rings. The van der Waals surface area contributed by atoms with Crippen LogP contribution in [0.3, 0.4) is 0 Å². The molecule has 1 unspecified atom stereocenters. The van der Waals surface area contributed by atoms with Gasteiger partial charge in [-0.15, -0.1) is 11.3 Å². The van der Waals surface area contributed by atoms with Crippen molar-refractivity contribution < 1.29 is 14.2 Å². The summed E-state index contributed by atoms with van der Waals surface area (Å²) >= 11 is 1.78. The highest BCUT2D eigenvalue weighted by Gasteiger charge is 2.15. The van der Waals surface area contributed by atoms with Crippen LogP contribution >= 0.6 is 11.3 Å². The number of methoxy groups -OCH3 is 1. The standard InChI is InChI=1S/C22H31N3O3S/c1-23-22(24-11-3-12-27-15-17-10-13-28-16-17)25-14-20-8-9-21(29-20)18-4-6-19(26-2)7-5-18/h4-9,17H,3,10-16H2,1-2H3,(H2,23,24,25). The number of nitrogens with zero attached hydrogens (tertiary/aromatic N) is 1. The minimum Gasteiger partial charge on any atom is -0.497 e. The van der Waals surface area contributed by atoms with E-state index in [0.29, 0.717) is 5.92 Å². The summed E-state index contributed by atoms with van der Waals surface area (Å²) in [6.07, 6.45) is 2.08. The molecule has 2 N–H and O–H groups in total. The highest BCUT2D eigenvalue weighted by molar-refractivity contribution is 7.15. The lowest BCUT2D eigenvalue weighted by molar-refractivity contribution is 0.0888. The van der Waals surface area contributed by atoms with Gasteiger partial charge in [0, 0.05) is 42.5 Å². The van der Waals surface area contributed by atoms with Gasteiger partial charge >= 0.3 is 0 Å². The van der Waals surface area contributed by atoms with Crippen molar-refractivity contribution in [2.75, 3.05) is 47.1 Å². The Morgan fingerprint density at radius 3 is 2.79 bits per heavy atom. The average molecular weight is 418 g/mol. The van der Waals surface area contributed by atoms with Crippen molar-refractivity contribution >= 4 is 17.3 Å². The number of aliphatic imine (C=N–C) groups is 1. The van der Waals surface area contributed by atoms with E-state index in [0.717, 1.165) is 64.1 Å². The van der Waals surface area contributed by atoms with Crippen LogP contribution in [0.4, 0.5) is 0 Å². The first-order valence-corrected chi connectivity index (χ1v) is 10.9. The summed E-state index contributed by atoms with van der Waals surface area (Å²) in [5, 5.41) is 6.72. The first-order chi connectivity index (χ1) is 14.3. The molecule has 1 atom stereocenters. The molecule has 1 aliphatic heterocycles. The van der Waals surface area contributed by atoms with Crippen molar-refractivity contribution in [2.24, 2.45) is 10.9 Å². The van der Waals surface area contributed by atoms with Gasteiger partial charge in [-0.2, -0.15) is 0 Å². The first kappa shape index (κ1) is 21.6. The van der Waals surface area contributed by atoms with Crippen molar-refractivity contribution in [2.45, 2.75) is 19.4 Å². The van der Waals surface area contributed by atoms with Crippen LogP contribution < -0.4 is 15.4 Å². The molecule has 1 saturated heterocycles. The van der Waals surface area contributed by atoms with E-state index in [-0.39, 0.29) is 0 Å². The van der Waals surface area contributed by atoms with E-state index in [1.54, 1.807) is 25.5 Å². The molecule has 3 rings (SSSR count). The predicted molar refractivity (Wildman–Crippen MR) is 119 cm³/mol. The van der Waals surface area contributed by atoms with Gasteiger partial charge in [0.15, 0.2) is 5.96 Å². The molecule has 1 fully saturated rings. The molecule has 0 aliphatic carbocycles. The van der Waals surface area contributed by atoms with Crippen molar-refractivity contribution in [3.8, 4) is 16.2 Å². The molecule has 2 heterocycles. The Morgan fingerprint density at radius 2 is 2.07 bits per heavy atom. The Kier molecular flexibility index (Phi) is 8.80. The molecular formula is C22H31N3O3S. The van der Waals surface area contributed by atoms with Gasteiger partial charge < -0.3 is 24.8 Å². The minimum absolute atomic E-state index is 0.575. The SMILES string of the molecule is CN=C(NCCCOCC1CCOC1)NCc1ccc(-c2ccc(OC)cc2)s1. The largest absolute Gasteiger partial charge is 0.497 e. The van der Waals surface area contributed by atoms with Gasteiger partial charge in [-0.05, 0) is 54.8 Å². The lowest BCUT2D eigenvalue weighted by atomic mass is 10.1. The van der Waals surface area contributed by atoms with Gasteiger partial charge in [0.25, 0.3) is 0 Å². The molecule has 6 nitrogen and oxygen atoms in total. The molecule has 0 bridgehead atoms. The number of nitrogens with one attached hydrogen (secondary N) is 2. The zero-order valence-corrected chi connectivity index (χ0v) is 18.1. The molecule has 1 aromatic carbocycles. The van der Waals surface area contributed by atoms with Crippen molar-refractivity contribution in [3.63, 3.8) is 0 Å². The third kappa shape index (κ3) is 7.03. The number of hydrogen-bond acceptors (Lipinski definition) is 5. The van der Waals surface area contributed by atoms with Crippen LogP contribution in [0.15, 0.2) is 41.4 Å². The van der Waals surface area contributed by atoms with Crippen LogP contribution in [0, 0.1) is 5.92 Å². The maximum absolute atomic E-state index is 5.74. The second kappa shape index (κ2) is 11.8. The van der Waals surface area contributed by atoms with Crippen LogP contribution in [0.1, 0.15) is 17.7 Å². The third-order valence-electron chi connectivity index (χ3n) is 4.83. The molecule has 0 radical (unpaired) electrons. The topological polar surface area (TPSA) is 64.1 Å². The Morgan fingerprint density at radius 1 is 1.21 bits per heavy atom. The Balaban J connectivity index is 1.34. The lowest BCUT2D eigenvalue weighted by Gasteiger charge is -2.12. The molecule has 7 heteroatoms. The van der Waals surface area contributed by atoms with Crippen LogP contribution in [0.5, 0.6) is 5.75 Å². The van der Waals surface area contributed by atoms with E-state index in [4.69, 9.17) is 14.2 Å². The van der Waals surface area contributed by atoms with E-state index in [1.807, 2.05) is 12.1 Å². The summed E-state index contributed by atoms with van der Waals surface area (Å²) in [5.74, 6) is 2.26. The second-order valence-corrected chi connectivity index (χ2v) is 8.17. The molecule has 0 saturated carbocycles. The monoisotopic (exact) mass is 417 g/mol. The minimum atomic E-state index is 0.575. The molecule has 0 spiro atoms. The number of ether oxygens (including phenoxy) is 3. The Bertz CT molecular complexity index is 755. The number of hydrogen-bond donors (Lipinski definition) is 2. The lowest BCUT2D eigenvalue weighted by Crippen LogP contribution is -2.37. The Hall–Kier alpha value is -2.09. The fourth-order valence-electron chi connectivity index (χ4n) is 3.12. The summed E-state index contributed by atoms with van der Waals surface area (Å²) in [4.78, 5) is 6.81. The molecule has 1 aliphatic rings. The zero-order valence-electron chi connectivity index (χ0n) is 17.3. The molecule has 1 aromatic heterocycles. The van der Waals surface area contributed by atoms with E-state index >= 15 is 0 Å². The first-order valence-electron chi connectivity index (χ1n) is 10.1. The number of benzene rings is 1. The fourth-order valence-corrected chi connectivity index (χ4v) is 4.07. The van der Waals surface area contributed by atoms with E-state index in [2.05, 4.69) is 39.9 Å². The highest BCUT2D eigenvalue weighted by Crippen LogP contribution is 2.29. The molecule has 0 amide bonds. The average Bonchev–Trinajstić information content (AvgIpc) is 3.45. The van der Waals surface area contributed by atoms with Crippen LogP contribution in [-0.2, 0) is 16.0 Å². The third-order valence-corrected chi connectivity index (χ3v) is 5.96. The summed E-state index contributed by atoms with van der Waals surface area (Å²) in [5.41, 5.74) is 1.20. The van der Waals surface area contributed by atoms with Gasteiger partial charge in [-0.25, -0.2) is 0 Å². The van der Waals surface area contributed by atoms with Gasteiger partial charge in [-0.3, -0.25) is 4.99 Å². The van der Waals surface area contributed by atoms with Gasteiger partial charge in [-0.1, -0.05) is 0 Å². The maximum Gasteiger partial charge on any atom is 0.191 e. The number of thiophene rings is 1. The molecular weight excluding hydrogens is 386 g/mol. The van der Waals surface area contributed by atoms with Gasteiger partial charge in [0.05, 0.1) is 26.9 Å². The predicted octanol–water partition coefficient (Wildman–Crippen LogP) is 3.53. The van der Waals surface area contributed by atoms with E-state index in [9.17, 15) is 0 Å². The van der Waals surface area contributed by atoms with Crippen molar-refractivity contribution in [1.82, 2.24) is 10.6 Å². The van der Waals surface area contributed by atoms with Gasteiger partial charge in [0.2, 0.25) is 0 Å². The van der Waals surface area contributed by atoms with Crippen molar-refractivity contribution in [1.29, 1.82) is 0 Å². The van der Waals surface area contributed by atoms with E-state index in [1.165, 1.54) is 15.3 Å². The van der Waals surface area contributed by atoms with Crippen LogP contribution in [-0.4, -0.2) is 53.1 Å². The van der Waals surface area contributed by atoms with Crippen LogP contribution in [0.25, 0.3) is 10.4 Å². The number of guanidine groups is 1. The molecule has 29 heavy (non-hydrogen) atoms. The fraction of sp³-hybridized carbons (Fsp3) is 0.500. The van der Waals surface area contributed by atoms with Crippen LogP contribution in [0.2, 0.25) is 0 Å². The quantitative estimate of drug-likeness (QED) is 0.352. The molecule has 158 valence electrons. The smallest absolute Gasteiger partial charge is 0.191 e. The van der Waals surface area contributed by atoms with Crippen molar-refractivity contribution in [3.05, 3.63) is 41.3 Å². The second-order valence-electron chi connectivity index (χ2n) is 7.01. The highest BCUT2D eigenvalue weighted by atomic mass is 32.1. The number of rotatable bonds is 10. The normalized spacial score (nSPS) is 16.8. The summed E-state index contributed by atoms with van der Waals surface area (Å²) in [6.45, 7) is 4.88. The zero-order chi connectivity index (χ0) is 20.3. The summed E-state index contributed by atoms with van der Waals surface area (Å²) in [7, 11) is 3.48. The summed E-state index contributed by atoms with van der Waals surface area (Å²) in [6, 6.07) is 12.5. The maximum atomic E-state index is 5.74. The van der Waals surface area contributed by atoms with Gasteiger partial charge in [0.1, 0.15) is 5.75 Å².